The number of benzene rings is 1. The van der Waals surface area contributed by atoms with Crippen LogP contribution in [0.25, 0.3) is 0 Å². The highest BCUT2D eigenvalue weighted by atomic mass is 32.1. The smallest absolute Gasteiger partial charge is 0.0441 e. The van der Waals surface area contributed by atoms with E-state index in [0.29, 0.717) is 0 Å². The van der Waals surface area contributed by atoms with Crippen molar-refractivity contribution in [3.05, 3.63) is 64.5 Å². The van der Waals surface area contributed by atoms with Gasteiger partial charge in [0.1, 0.15) is 0 Å². The van der Waals surface area contributed by atoms with Gasteiger partial charge in [-0.15, -0.1) is 0 Å². The Morgan fingerprint density at radius 1 is 1.18 bits per heavy atom. The molecule has 1 aliphatic rings. The second-order valence-electron chi connectivity index (χ2n) is 4.29. The lowest BCUT2D eigenvalue weighted by Gasteiger charge is -2.26. The van der Waals surface area contributed by atoms with Crippen molar-refractivity contribution in [2.45, 2.75) is 12.8 Å². The van der Waals surface area contributed by atoms with Crippen molar-refractivity contribution in [3.63, 3.8) is 0 Å². The average Bonchev–Trinajstić information content (AvgIpc) is 2.89. The van der Waals surface area contributed by atoms with Gasteiger partial charge in [0.05, 0.1) is 0 Å². The van der Waals surface area contributed by atoms with Gasteiger partial charge in [-0.25, -0.2) is 0 Å². The number of anilines is 1. The zero-order chi connectivity index (χ0) is 11.5. The summed E-state index contributed by atoms with van der Waals surface area (Å²) in [6.07, 6.45) is 6.64. The summed E-state index contributed by atoms with van der Waals surface area (Å²) >= 11 is 1.78. The van der Waals surface area contributed by atoms with Crippen LogP contribution in [0.4, 0.5) is 5.69 Å². The molecule has 1 aromatic carbocycles. The van der Waals surface area contributed by atoms with Crippen LogP contribution in [-0.4, -0.2) is 6.54 Å². The number of hydrogen-bond donors (Lipinski definition) is 0. The Hall–Kier alpha value is -1.54. The summed E-state index contributed by atoms with van der Waals surface area (Å²) in [6.45, 7) is 1.06. The Morgan fingerprint density at radius 2 is 2.12 bits per heavy atom. The van der Waals surface area contributed by atoms with Crippen molar-refractivity contribution in [2.75, 3.05) is 11.4 Å². The van der Waals surface area contributed by atoms with Gasteiger partial charge in [0.25, 0.3) is 0 Å². The summed E-state index contributed by atoms with van der Waals surface area (Å²) in [7, 11) is 0. The van der Waals surface area contributed by atoms with Crippen LogP contribution < -0.4 is 4.90 Å². The topological polar surface area (TPSA) is 3.24 Å². The van der Waals surface area contributed by atoms with Crippen LogP contribution in [0.5, 0.6) is 0 Å². The molecule has 2 aromatic rings. The number of hydrogen-bond acceptors (Lipinski definition) is 2. The van der Waals surface area contributed by atoms with E-state index in [4.69, 9.17) is 0 Å². The van der Waals surface area contributed by atoms with E-state index in [-0.39, 0.29) is 0 Å². The zero-order valence-corrected chi connectivity index (χ0v) is 10.5. The minimum absolute atomic E-state index is 1.06. The van der Waals surface area contributed by atoms with E-state index in [1.165, 1.54) is 16.8 Å². The van der Waals surface area contributed by atoms with Crippen LogP contribution in [0.2, 0.25) is 0 Å². The predicted octanol–water partition coefficient (Wildman–Crippen LogP) is 3.87. The van der Waals surface area contributed by atoms with Crippen LogP contribution >= 0.6 is 11.3 Å². The molecule has 0 unspecified atom stereocenters. The van der Waals surface area contributed by atoms with Gasteiger partial charge in [-0.05, 0) is 46.9 Å². The summed E-state index contributed by atoms with van der Waals surface area (Å²) in [4.78, 5) is 2.36. The minimum atomic E-state index is 1.06. The maximum atomic E-state index is 2.36. The second kappa shape index (κ2) is 4.76. The molecular formula is C15H15NS. The average molecular weight is 241 g/mol. The molecule has 0 amide bonds. The number of para-hydroxylation sites is 1. The molecule has 0 fully saturated rings. The first kappa shape index (κ1) is 10.6. The molecule has 2 heterocycles. The fourth-order valence-corrected chi connectivity index (χ4v) is 2.93. The first-order chi connectivity index (χ1) is 8.43. The van der Waals surface area contributed by atoms with Crippen molar-refractivity contribution >= 4 is 17.0 Å². The molecule has 0 saturated heterocycles. The van der Waals surface area contributed by atoms with E-state index in [0.717, 1.165) is 19.4 Å². The molecule has 1 nitrogen and oxygen atoms in total. The highest BCUT2D eigenvalue weighted by molar-refractivity contribution is 7.07. The van der Waals surface area contributed by atoms with Crippen LogP contribution in [0.3, 0.4) is 0 Å². The summed E-state index contributed by atoms with van der Waals surface area (Å²) in [6, 6.07) is 10.9. The molecule has 1 aromatic heterocycles. The summed E-state index contributed by atoms with van der Waals surface area (Å²) in [5.74, 6) is 0. The van der Waals surface area contributed by atoms with E-state index in [1.807, 2.05) is 0 Å². The Bertz CT molecular complexity index is 513. The van der Waals surface area contributed by atoms with Gasteiger partial charge in [0.2, 0.25) is 0 Å². The van der Waals surface area contributed by atoms with Gasteiger partial charge < -0.3 is 4.90 Å². The van der Waals surface area contributed by atoms with Crippen molar-refractivity contribution in [1.29, 1.82) is 0 Å². The van der Waals surface area contributed by atoms with Crippen molar-refractivity contribution in [3.8, 4) is 0 Å². The molecule has 17 heavy (non-hydrogen) atoms. The van der Waals surface area contributed by atoms with Crippen LogP contribution in [0, 0.1) is 0 Å². The molecule has 3 rings (SSSR count). The number of rotatable bonds is 3. The number of allylic oxidation sites excluding steroid dienone is 1. The molecule has 0 bridgehead atoms. The van der Waals surface area contributed by atoms with Gasteiger partial charge in [-0.3, -0.25) is 0 Å². The molecule has 2 heteroatoms. The van der Waals surface area contributed by atoms with E-state index in [9.17, 15) is 0 Å². The highest BCUT2D eigenvalue weighted by Gasteiger charge is 2.11. The molecule has 86 valence electrons. The second-order valence-corrected chi connectivity index (χ2v) is 5.07. The lowest BCUT2D eigenvalue weighted by atomic mass is 10.1. The van der Waals surface area contributed by atoms with Crippen LogP contribution in [0.1, 0.15) is 11.1 Å². The summed E-state index contributed by atoms with van der Waals surface area (Å²) in [5, 5.41) is 4.38. The monoisotopic (exact) mass is 241 g/mol. The molecule has 0 radical (unpaired) electrons. The Morgan fingerprint density at radius 3 is 3.00 bits per heavy atom. The third-order valence-electron chi connectivity index (χ3n) is 3.15. The van der Waals surface area contributed by atoms with E-state index < -0.39 is 0 Å². The molecule has 0 aliphatic carbocycles. The number of fused-ring (bicyclic) bond motifs is 1. The lowest BCUT2D eigenvalue weighted by molar-refractivity contribution is 0.890. The maximum absolute atomic E-state index is 2.36. The normalized spacial score (nSPS) is 13.8. The predicted molar refractivity (Wildman–Crippen MR) is 74.7 cm³/mol. The Kier molecular flexibility index (Phi) is 2.97. The number of thiophene rings is 1. The first-order valence-electron chi connectivity index (χ1n) is 5.96. The molecule has 0 saturated carbocycles. The van der Waals surface area contributed by atoms with Crippen molar-refractivity contribution in [2.24, 2.45) is 0 Å². The zero-order valence-electron chi connectivity index (χ0n) is 9.67. The lowest BCUT2D eigenvalue weighted by Crippen LogP contribution is -2.22. The fraction of sp³-hybridized carbons (Fsp3) is 0.200. The third-order valence-corrected chi connectivity index (χ3v) is 3.88. The van der Waals surface area contributed by atoms with E-state index >= 15 is 0 Å². The van der Waals surface area contributed by atoms with E-state index in [2.05, 4.69) is 58.3 Å². The molecular weight excluding hydrogens is 226 g/mol. The van der Waals surface area contributed by atoms with Gasteiger partial charge in [-0.2, -0.15) is 11.3 Å². The van der Waals surface area contributed by atoms with E-state index in [1.54, 1.807) is 11.3 Å². The summed E-state index contributed by atoms with van der Waals surface area (Å²) < 4.78 is 0. The largest absolute Gasteiger partial charge is 0.348 e. The minimum Gasteiger partial charge on any atom is -0.348 e. The van der Waals surface area contributed by atoms with Crippen LogP contribution in [-0.2, 0) is 12.8 Å². The maximum Gasteiger partial charge on any atom is 0.0441 e. The standard InChI is InChI=1S/C15H15NS/c1-2-6-15-14(4-1)5-3-9-16(15)10-7-13-8-11-17-12-13/h1-4,6,8-9,11-12H,5,7,10H2. The summed E-state index contributed by atoms with van der Waals surface area (Å²) in [5.41, 5.74) is 4.23. The third kappa shape index (κ3) is 2.27. The van der Waals surface area contributed by atoms with Crippen LogP contribution in [0.15, 0.2) is 53.4 Å². The Balaban J connectivity index is 1.75. The van der Waals surface area contributed by atoms with Gasteiger partial charge in [0, 0.05) is 18.4 Å². The van der Waals surface area contributed by atoms with Gasteiger partial charge in [0.15, 0.2) is 0 Å². The Labute approximate surface area is 106 Å². The molecule has 1 aliphatic heterocycles. The van der Waals surface area contributed by atoms with Crippen molar-refractivity contribution < 1.29 is 0 Å². The fourth-order valence-electron chi connectivity index (χ4n) is 2.23. The number of nitrogens with zero attached hydrogens (tertiary/aromatic N) is 1. The molecule has 0 spiro atoms. The first-order valence-corrected chi connectivity index (χ1v) is 6.90. The SMILES string of the molecule is C1=CN(CCc2ccsc2)c2ccccc2C1. The highest BCUT2D eigenvalue weighted by Crippen LogP contribution is 2.25. The van der Waals surface area contributed by atoms with Crippen molar-refractivity contribution in [1.82, 2.24) is 0 Å². The van der Waals surface area contributed by atoms with Gasteiger partial charge in [-0.1, -0.05) is 24.3 Å². The molecule has 0 N–H and O–H groups in total. The quantitative estimate of drug-likeness (QED) is 0.788. The van der Waals surface area contributed by atoms with Gasteiger partial charge >= 0.3 is 0 Å². The molecule has 0 atom stereocenters.